The maximum Gasteiger partial charge on any atom is 0.216 e. The van der Waals surface area contributed by atoms with Crippen LogP contribution in [0.25, 0.3) is 22.2 Å². The third-order valence-electron chi connectivity index (χ3n) is 4.22. The van der Waals surface area contributed by atoms with Crippen LogP contribution in [0.3, 0.4) is 0 Å². The minimum Gasteiger partial charge on any atom is -0.493 e. The number of H-pyrrole nitrogens is 1. The summed E-state index contributed by atoms with van der Waals surface area (Å²) in [6, 6.07) is 22.0. The van der Waals surface area contributed by atoms with Crippen molar-refractivity contribution in [1.29, 1.82) is 0 Å². The van der Waals surface area contributed by atoms with Gasteiger partial charge in [0.1, 0.15) is 5.75 Å². The monoisotopic (exact) mass is 374 g/mol. The Bertz CT molecular complexity index is 1160. The van der Waals surface area contributed by atoms with Crippen LogP contribution < -0.4 is 4.74 Å². The summed E-state index contributed by atoms with van der Waals surface area (Å²) in [7, 11) is 0. The smallest absolute Gasteiger partial charge is 0.216 e. The van der Waals surface area contributed by atoms with Gasteiger partial charge in [0.15, 0.2) is 5.82 Å². The van der Waals surface area contributed by atoms with Gasteiger partial charge in [0.25, 0.3) is 0 Å². The normalized spacial score (nSPS) is 11.3. The zero-order valence-corrected chi connectivity index (χ0v) is 15.6. The summed E-state index contributed by atoms with van der Waals surface area (Å²) < 4.78 is 7.87. The van der Waals surface area contributed by atoms with Crippen molar-refractivity contribution in [1.82, 2.24) is 14.9 Å². The molecule has 1 heterocycles. The number of rotatable bonds is 5. The molecule has 1 N–H and O–H groups in total. The lowest BCUT2D eigenvalue weighted by molar-refractivity contribution is 0.340. The molecule has 3 aromatic carbocycles. The highest BCUT2D eigenvalue weighted by Gasteiger charge is 2.10. The van der Waals surface area contributed by atoms with E-state index in [0.29, 0.717) is 17.2 Å². The third kappa shape index (κ3) is 3.39. The zero-order valence-electron chi connectivity index (χ0n) is 14.8. The van der Waals surface area contributed by atoms with E-state index in [0.717, 1.165) is 27.6 Å². The van der Waals surface area contributed by atoms with Crippen LogP contribution in [0.15, 0.2) is 71.8 Å². The maximum absolute atomic E-state index is 5.81. The highest BCUT2D eigenvalue weighted by atomic mass is 32.1. The second kappa shape index (κ2) is 7.55. The lowest BCUT2D eigenvalue weighted by atomic mass is 10.0. The van der Waals surface area contributed by atoms with Crippen molar-refractivity contribution in [3.63, 3.8) is 0 Å². The van der Waals surface area contributed by atoms with Crippen molar-refractivity contribution in [3.05, 3.63) is 77.1 Å². The first-order valence-corrected chi connectivity index (χ1v) is 9.10. The lowest BCUT2D eigenvalue weighted by Crippen LogP contribution is -1.99. The summed E-state index contributed by atoms with van der Waals surface area (Å²) in [4.78, 5) is 0. The molecule has 0 atom stereocenters. The van der Waals surface area contributed by atoms with Crippen LogP contribution in [0.1, 0.15) is 12.5 Å². The highest BCUT2D eigenvalue weighted by Crippen LogP contribution is 2.27. The molecule has 0 unspecified atom stereocenters. The van der Waals surface area contributed by atoms with E-state index >= 15 is 0 Å². The van der Waals surface area contributed by atoms with E-state index in [-0.39, 0.29) is 0 Å². The first-order chi connectivity index (χ1) is 13.3. The molecule has 0 saturated heterocycles. The number of aromatic nitrogens is 3. The molecule has 27 heavy (non-hydrogen) atoms. The van der Waals surface area contributed by atoms with E-state index in [1.54, 1.807) is 10.9 Å². The standard InChI is InChI=1S/C21H18N4OS/c1-2-26-19-13-12-15-8-6-7-11-17(15)18(19)14-22-25-20(23-24-21(25)27)16-9-4-3-5-10-16/h3-14H,2H2,1H3,(H,24,27)/b22-14-. The highest BCUT2D eigenvalue weighted by molar-refractivity contribution is 7.71. The number of benzene rings is 3. The summed E-state index contributed by atoms with van der Waals surface area (Å²) >= 11 is 5.37. The van der Waals surface area contributed by atoms with E-state index in [1.807, 2.05) is 55.5 Å². The van der Waals surface area contributed by atoms with Gasteiger partial charge in [-0.05, 0) is 36.0 Å². The fraction of sp³-hybridized carbons (Fsp3) is 0.0952. The molecule has 0 amide bonds. The second-order valence-corrected chi connectivity index (χ2v) is 6.29. The number of fused-ring (bicyclic) bond motifs is 1. The minimum absolute atomic E-state index is 0.434. The van der Waals surface area contributed by atoms with Gasteiger partial charge in [0.2, 0.25) is 4.77 Å². The largest absolute Gasteiger partial charge is 0.493 e. The van der Waals surface area contributed by atoms with Crippen LogP contribution in [0.5, 0.6) is 5.75 Å². The first kappa shape index (κ1) is 17.2. The molecule has 0 radical (unpaired) electrons. The number of aromatic amines is 1. The van der Waals surface area contributed by atoms with Crippen molar-refractivity contribution < 1.29 is 4.74 Å². The first-order valence-electron chi connectivity index (χ1n) is 8.69. The molecule has 4 aromatic rings. The van der Waals surface area contributed by atoms with Crippen molar-refractivity contribution in [2.24, 2.45) is 5.10 Å². The Hall–Kier alpha value is -3.25. The molecule has 134 valence electrons. The lowest BCUT2D eigenvalue weighted by Gasteiger charge is -2.10. The van der Waals surface area contributed by atoms with E-state index < -0.39 is 0 Å². The number of hydrogen-bond donors (Lipinski definition) is 1. The summed E-state index contributed by atoms with van der Waals surface area (Å²) in [5, 5.41) is 14.0. The Morgan fingerprint density at radius 3 is 2.67 bits per heavy atom. The van der Waals surface area contributed by atoms with E-state index in [2.05, 4.69) is 33.5 Å². The van der Waals surface area contributed by atoms with Gasteiger partial charge in [-0.1, -0.05) is 60.7 Å². The summed E-state index contributed by atoms with van der Waals surface area (Å²) in [5.74, 6) is 1.45. The Morgan fingerprint density at radius 1 is 1.07 bits per heavy atom. The predicted octanol–water partition coefficient (Wildman–Crippen LogP) is 5.04. The molecule has 4 rings (SSSR count). The van der Waals surface area contributed by atoms with Crippen LogP contribution in [0, 0.1) is 4.77 Å². The van der Waals surface area contributed by atoms with Crippen LogP contribution >= 0.6 is 12.2 Å². The van der Waals surface area contributed by atoms with Gasteiger partial charge in [-0.3, -0.25) is 0 Å². The van der Waals surface area contributed by atoms with Gasteiger partial charge in [-0.2, -0.15) is 14.9 Å². The van der Waals surface area contributed by atoms with Crippen LogP contribution in [0.4, 0.5) is 0 Å². The quantitative estimate of drug-likeness (QED) is 0.393. The Labute approximate surface area is 161 Å². The van der Waals surface area contributed by atoms with Crippen molar-refractivity contribution in [2.75, 3.05) is 6.61 Å². The van der Waals surface area contributed by atoms with Gasteiger partial charge >= 0.3 is 0 Å². The van der Waals surface area contributed by atoms with Gasteiger partial charge in [0.05, 0.1) is 12.8 Å². The van der Waals surface area contributed by atoms with E-state index in [9.17, 15) is 0 Å². The molecule has 0 fully saturated rings. The molecular formula is C21H18N4OS. The van der Waals surface area contributed by atoms with Crippen molar-refractivity contribution >= 4 is 29.2 Å². The molecule has 0 aliphatic heterocycles. The number of ether oxygens (including phenoxy) is 1. The Morgan fingerprint density at radius 2 is 1.85 bits per heavy atom. The average Bonchev–Trinajstić information content (AvgIpc) is 3.08. The fourth-order valence-corrected chi connectivity index (χ4v) is 3.16. The van der Waals surface area contributed by atoms with Gasteiger partial charge in [-0.25, -0.2) is 5.10 Å². The molecule has 0 aliphatic carbocycles. The topological polar surface area (TPSA) is 55.2 Å². The van der Waals surface area contributed by atoms with Crippen LogP contribution in [-0.4, -0.2) is 27.7 Å². The predicted molar refractivity (Wildman–Crippen MR) is 111 cm³/mol. The summed E-state index contributed by atoms with van der Waals surface area (Å²) in [6.45, 7) is 2.55. The summed E-state index contributed by atoms with van der Waals surface area (Å²) in [5.41, 5.74) is 1.85. The zero-order chi connectivity index (χ0) is 18.6. The molecule has 0 aliphatic rings. The fourth-order valence-electron chi connectivity index (χ4n) is 2.98. The molecule has 0 saturated carbocycles. The second-order valence-electron chi connectivity index (χ2n) is 5.91. The minimum atomic E-state index is 0.434. The van der Waals surface area contributed by atoms with Gasteiger partial charge in [-0.15, -0.1) is 0 Å². The van der Waals surface area contributed by atoms with Crippen LogP contribution in [-0.2, 0) is 0 Å². The van der Waals surface area contributed by atoms with Crippen LogP contribution in [0.2, 0.25) is 0 Å². The van der Waals surface area contributed by atoms with E-state index in [1.165, 1.54) is 0 Å². The maximum atomic E-state index is 5.81. The molecule has 6 heteroatoms. The molecule has 1 aromatic heterocycles. The Balaban J connectivity index is 1.84. The van der Waals surface area contributed by atoms with Crippen molar-refractivity contribution in [3.8, 4) is 17.1 Å². The molecule has 0 spiro atoms. The number of hydrogen-bond acceptors (Lipinski definition) is 4. The summed E-state index contributed by atoms with van der Waals surface area (Å²) in [6.07, 6.45) is 1.78. The third-order valence-corrected chi connectivity index (χ3v) is 4.48. The molecule has 0 bridgehead atoms. The van der Waals surface area contributed by atoms with Gasteiger partial charge in [0, 0.05) is 11.1 Å². The molecular weight excluding hydrogens is 356 g/mol. The van der Waals surface area contributed by atoms with Gasteiger partial charge < -0.3 is 4.74 Å². The molecule has 5 nitrogen and oxygen atoms in total. The van der Waals surface area contributed by atoms with E-state index in [4.69, 9.17) is 17.0 Å². The SMILES string of the molecule is CCOc1ccc2ccccc2c1/C=N\n1c(-c2ccccc2)n[nH]c1=S. The Kier molecular flexibility index (Phi) is 4.80. The number of nitrogens with one attached hydrogen (secondary N) is 1. The number of nitrogens with zero attached hydrogens (tertiary/aromatic N) is 3. The average molecular weight is 374 g/mol. The van der Waals surface area contributed by atoms with Crippen molar-refractivity contribution in [2.45, 2.75) is 6.92 Å².